The van der Waals surface area contributed by atoms with Crippen molar-refractivity contribution in [3.05, 3.63) is 12.2 Å². The molecule has 0 aromatic carbocycles. The Kier molecular flexibility index (Phi) is 11.5. The molecule has 0 N–H and O–H groups in total. The lowest BCUT2D eigenvalue weighted by molar-refractivity contribution is -0.150. The van der Waals surface area contributed by atoms with Crippen LogP contribution in [0.2, 0.25) is 0 Å². The van der Waals surface area contributed by atoms with Crippen molar-refractivity contribution in [2.24, 2.45) is 5.41 Å². The van der Waals surface area contributed by atoms with Gasteiger partial charge in [0.15, 0.2) is 0 Å². The van der Waals surface area contributed by atoms with Crippen molar-refractivity contribution in [3.8, 4) is 0 Å². The van der Waals surface area contributed by atoms with E-state index in [1.54, 1.807) is 6.92 Å². The van der Waals surface area contributed by atoms with Crippen molar-refractivity contribution in [1.82, 2.24) is 0 Å². The molecule has 0 aromatic rings. The van der Waals surface area contributed by atoms with Crippen LogP contribution in [0.15, 0.2) is 12.2 Å². The van der Waals surface area contributed by atoms with Crippen LogP contribution >= 0.6 is 0 Å². The zero-order chi connectivity index (χ0) is 20.2. The maximum Gasteiger partial charge on any atom is 0.333 e. The van der Waals surface area contributed by atoms with E-state index in [-0.39, 0.29) is 24.8 Å². The molecule has 5 heteroatoms. The van der Waals surface area contributed by atoms with E-state index < -0.39 is 11.4 Å². The first kappa shape index (κ1) is 24.6. The minimum atomic E-state index is -0.419. The average molecular weight is 371 g/mol. The summed E-state index contributed by atoms with van der Waals surface area (Å²) in [5, 5.41) is 0. The highest BCUT2D eigenvalue weighted by Gasteiger charge is 2.23. The summed E-state index contributed by atoms with van der Waals surface area (Å²) in [5.74, 6) is -0.613. The second-order valence-electron chi connectivity index (χ2n) is 8.66. The van der Waals surface area contributed by atoms with Crippen LogP contribution in [-0.4, -0.2) is 37.4 Å². The summed E-state index contributed by atoms with van der Waals surface area (Å²) in [6, 6.07) is 0. The van der Waals surface area contributed by atoms with Crippen molar-refractivity contribution in [2.45, 2.75) is 85.7 Å². The Hall–Kier alpha value is -1.36. The van der Waals surface area contributed by atoms with Gasteiger partial charge >= 0.3 is 11.9 Å². The SMILES string of the molecule is C=C(C)C(=O)OCC(C)(C)COC(=O)CCCCCCCOC(C)(C)C. The molecule has 0 heterocycles. The van der Waals surface area contributed by atoms with Gasteiger partial charge in [0.2, 0.25) is 0 Å². The van der Waals surface area contributed by atoms with E-state index in [1.807, 2.05) is 13.8 Å². The molecular weight excluding hydrogens is 332 g/mol. The third-order valence-corrected chi connectivity index (χ3v) is 3.63. The first-order valence-electron chi connectivity index (χ1n) is 9.55. The highest BCUT2D eigenvalue weighted by molar-refractivity contribution is 5.86. The van der Waals surface area contributed by atoms with E-state index >= 15 is 0 Å². The summed E-state index contributed by atoms with van der Waals surface area (Å²) in [4.78, 5) is 23.2. The minimum absolute atomic E-state index is 0.0691. The number of carbonyl (C=O) groups excluding carboxylic acids is 2. The van der Waals surface area contributed by atoms with Crippen LogP contribution in [0.5, 0.6) is 0 Å². The number of unbranched alkanes of at least 4 members (excludes halogenated alkanes) is 4. The Morgan fingerprint density at radius 2 is 1.38 bits per heavy atom. The molecule has 26 heavy (non-hydrogen) atoms. The molecule has 0 unspecified atom stereocenters. The first-order valence-corrected chi connectivity index (χ1v) is 9.55. The minimum Gasteiger partial charge on any atom is -0.465 e. The topological polar surface area (TPSA) is 61.8 Å². The van der Waals surface area contributed by atoms with Crippen LogP contribution in [-0.2, 0) is 23.8 Å². The highest BCUT2D eigenvalue weighted by atomic mass is 16.5. The maximum absolute atomic E-state index is 11.8. The van der Waals surface area contributed by atoms with Gasteiger partial charge in [-0.05, 0) is 40.5 Å². The van der Waals surface area contributed by atoms with Crippen LogP contribution in [0.3, 0.4) is 0 Å². The van der Waals surface area contributed by atoms with Crippen molar-refractivity contribution in [3.63, 3.8) is 0 Å². The van der Waals surface area contributed by atoms with Crippen molar-refractivity contribution < 1.29 is 23.8 Å². The smallest absolute Gasteiger partial charge is 0.333 e. The Balaban J connectivity index is 3.70. The molecular formula is C21H38O5. The molecule has 5 nitrogen and oxygen atoms in total. The van der Waals surface area contributed by atoms with E-state index in [0.717, 1.165) is 38.7 Å². The monoisotopic (exact) mass is 370 g/mol. The highest BCUT2D eigenvalue weighted by Crippen LogP contribution is 2.17. The number of ether oxygens (including phenoxy) is 3. The van der Waals surface area contributed by atoms with Crippen molar-refractivity contribution >= 4 is 11.9 Å². The number of hydrogen-bond donors (Lipinski definition) is 0. The van der Waals surface area contributed by atoms with Crippen LogP contribution < -0.4 is 0 Å². The normalized spacial score (nSPS) is 11.9. The molecule has 0 aliphatic carbocycles. The molecule has 0 radical (unpaired) electrons. The zero-order valence-electron chi connectivity index (χ0n) is 17.6. The van der Waals surface area contributed by atoms with E-state index in [1.165, 1.54) is 0 Å². The van der Waals surface area contributed by atoms with Crippen LogP contribution in [0.1, 0.15) is 80.1 Å². The Bertz CT molecular complexity index is 446. The van der Waals surface area contributed by atoms with Gasteiger partial charge in [0.25, 0.3) is 0 Å². The van der Waals surface area contributed by atoms with Crippen molar-refractivity contribution in [2.75, 3.05) is 19.8 Å². The van der Waals surface area contributed by atoms with Gasteiger partial charge in [0.1, 0.15) is 0 Å². The van der Waals surface area contributed by atoms with E-state index in [9.17, 15) is 9.59 Å². The zero-order valence-corrected chi connectivity index (χ0v) is 17.6. The fraction of sp³-hybridized carbons (Fsp3) is 0.810. The van der Waals surface area contributed by atoms with Crippen molar-refractivity contribution in [1.29, 1.82) is 0 Å². The molecule has 0 aliphatic rings. The van der Waals surface area contributed by atoms with Gasteiger partial charge in [-0.15, -0.1) is 0 Å². The number of hydrogen-bond acceptors (Lipinski definition) is 5. The first-order chi connectivity index (χ1) is 11.9. The molecule has 0 fully saturated rings. The number of carbonyl (C=O) groups is 2. The summed E-state index contributed by atoms with van der Waals surface area (Å²) >= 11 is 0. The summed E-state index contributed by atoms with van der Waals surface area (Å²) in [6.07, 6.45) is 5.56. The van der Waals surface area contributed by atoms with Gasteiger partial charge in [-0.2, -0.15) is 0 Å². The lowest BCUT2D eigenvalue weighted by Crippen LogP contribution is -2.28. The van der Waals surface area contributed by atoms with Gasteiger partial charge in [0, 0.05) is 24.0 Å². The predicted molar refractivity (Wildman–Crippen MR) is 104 cm³/mol. The van der Waals surface area contributed by atoms with Gasteiger partial charge in [-0.3, -0.25) is 4.79 Å². The Morgan fingerprint density at radius 3 is 1.96 bits per heavy atom. The summed E-state index contributed by atoms with van der Waals surface area (Å²) < 4.78 is 16.1. The number of rotatable bonds is 13. The van der Waals surface area contributed by atoms with E-state index in [4.69, 9.17) is 14.2 Å². The third kappa shape index (κ3) is 14.9. The summed E-state index contributed by atoms with van der Waals surface area (Å²) in [7, 11) is 0. The molecule has 0 bridgehead atoms. The Morgan fingerprint density at radius 1 is 0.846 bits per heavy atom. The molecule has 0 aromatic heterocycles. The average Bonchev–Trinajstić information content (AvgIpc) is 2.52. The maximum atomic E-state index is 11.8. The fourth-order valence-electron chi connectivity index (χ4n) is 2.05. The van der Waals surface area contributed by atoms with Crippen LogP contribution in [0.25, 0.3) is 0 Å². The largest absolute Gasteiger partial charge is 0.465 e. The molecule has 0 rings (SSSR count). The van der Waals surface area contributed by atoms with E-state index in [0.29, 0.717) is 12.0 Å². The quantitative estimate of drug-likeness (QED) is 0.264. The molecule has 0 saturated heterocycles. The molecule has 152 valence electrons. The molecule has 0 atom stereocenters. The predicted octanol–water partition coefficient (Wildman–Crippen LogP) is 4.83. The fourth-order valence-corrected chi connectivity index (χ4v) is 2.05. The molecule has 0 saturated carbocycles. The molecule has 0 spiro atoms. The lowest BCUT2D eigenvalue weighted by atomic mass is 9.96. The second-order valence-corrected chi connectivity index (χ2v) is 8.66. The standard InChI is InChI=1S/C21H38O5/c1-17(2)19(23)25-16-21(6,7)15-24-18(22)13-11-9-8-10-12-14-26-20(3,4)5/h1,8-16H2,2-7H3. The van der Waals surface area contributed by atoms with Crippen LogP contribution in [0.4, 0.5) is 0 Å². The molecule has 0 aliphatic heterocycles. The number of esters is 2. The van der Waals surface area contributed by atoms with Gasteiger partial charge in [-0.1, -0.05) is 39.7 Å². The van der Waals surface area contributed by atoms with Gasteiger partial charge < -0.3 is 14.2 Å². The van der Waals surface area contributed by atoms with E-state index in [2.05, 4.69) is 27.4 Å². The summed E-state index contributed by atoms with van der Waals surface area (Å²) in [6.45, 7) is 16.3. The van der Waals surface area contributed by atoms with Crippen LogP contribution in [0, 0.1) is 5.41 Å². The lowest BCUT2D eigenvalue weighted by Gasteiger charge is -2.23. The van der Waals surface area contributed by atoms with Gasteiger partial charge in [0.05, 0.1) is 18.8 Å². The molecule has 0 amide bonds. The summed E-state index contributed by atoms with van der Waals surface area (Å²) in [5.41, 5.74) is -0.114. The third-order valence-electron chi connectivity index (χ3n) is 3.63. The van der Waals surface area contributed by atoms with Gasteiger partial charge in [-0.25, -0.2) is 4.79 Å². The second kappa shape index (κ2) is 12.1. The Labute approximate surface area is 159 Å².